The van der Waals surface area contributed by atoms with Crippen molar-refractivity contribution in [2.75, 3.05) is 0 Å². The third kappa shape index (κ3) is 6.33. The molecule has 2 heteroatoms. The molecule has 0 saturated heterocycles. The molecule has 0 amide bonds. The van der Waals surface area contributed by atoms with Gasteiger partial charge in [0.2, 0.25) is 0 Å². The van der Waals surface area contributed by atoms with Crippen molar-refractivity contribution in [1.82, 2.24) is 0 Å². The molecule has 0 radical (unpaired) electrons. The largest absolute Gasteiger partial charge is 0.193 e. The Morgan fingerprint density at radius 2 is 1.81 bits per heavy atom. The number of terminal acetylenes is 1. The molecule has 0 aliphatic heterocycles. The summed E-state index contributed by atoms with van der Waals surface area (Å²) in [6, 6.07) is 2.12. The second-order valence-corrected chi connectivity index (χ2v) is 3.93. The number of rotatable bonds is 4. The maximum absolute atomic E-state index is 8.80. The van der Waals surface area contributed by atoms with Gasteiger partial charge in [0.15, 0.2) is 0 Å². The van der Waals surface area contributed by atoms with Crippen LogP contribution in [0.25, 0.3) is 0 Å². The molecule has 0 aromatic carbocycles. The van der Waals surface area contributed by atoms with Gasteiger partial charge in [-0.15, -0.1) is 12.8 Å². The number of halogens is 1. The number of hydrogen-bond acceptors (Lipinski definition) is 1. The standard InChI is InChI=1S/C12H18ClN.C2H2/c1-5-10(9(3)4)7-12(13)11(6-2)8-14;1-2/h7,9H,5-6H2,1-4H3;1-2H/b10-7+,12-11-;. The van der Waals surface area contributed by atoms with Crippen LogP contribution in [0, 0.1) is 30.1 Å². The van der Waals surface area contributed by atoms with Crippen molar-refractivity contribution < 1.29 is 0 Å². The first-order valence-corrected chi connectivity index (χ1v) is 5.77. The summed E-state index contributed by atoms with van der Waals surface area (Å²) in [6.07, 6.45) is 11.6. The highest BCUT2D eigenvalue weighted by Crippen LogP contribution is 2.21. The first-order valence-electron chi connectivity index (χ1n) is 5.39. The van der Waals surface area contributed by atoms with Gasteiger partial charge in [-0.3, -0.25) is 0 Å². The summed E-state index contributed by atoms with van der Waals surface area (Å²) in [5.74, 6) is 0.491. The summed E-state index contributed by atoms with van der Waals surface area (Å²) in [4.78, 5) is 0. The normalized spacial score (nSPS) is 12.3. The van der Waals surface area contributed by atoms with Crippen molar-refractivity contribution in [3.63, 3.8) is 0 Å². The van der Waals surface area contributed by atoms with Crippen molar-refractivity contribution in [2.24, 2.45) is 5.92 Å². The molecule has 0 bridgehead atoms. The molecular formula is C14H20ClN. The van der Waals surface area contributed by atoms with Crippen LogP contribution in [-0.4, -0.2) is 0 Å². The van der Waals surface area contributed by atoms with Crippen LogP contribution in [0.5, 0.6) is 0 Å². The number of hydrogen-bond donors (Lipinski definition) is 0. The monoisotopic (exact) mass is 237 g/mol. The lowest BCUT2D eigenvalue weighted by Crippen LogP contribution is -1.93. The van der Waals surface area contributed by atoms with Gasteiger partial charge in [0, 0.05) is 5.57 Å². The topological polar surface area (TPSA) is 23.8 Å². The second-order valence-electron chi connectivity index (χ2n) is 3.52. The van der Waals surface area contributed by atoms with E-state index < -0.39 is 0 Å². The van der Waals surface area contributed by atoms with E-state index in [0.717, 1.165) is 6.42 Å². The van der Waals surface area contributed by atoms with Crippen molar-refractivity contribution >= 4 is 11.6 Å². The lowest BCUT2D eigenvalue weighted by atomic mass is 9.99. The lowest BCUT2D eigenvalue weighted by molar-refractivity contribution is 0.731. The van der Waals surface area contributed by atoms with Gasteiger partial charge in [-0.25, -0.2) is 0 Å². The molecule has 0 spiro atoms. The summed E-state index contributed by atoms with van der Waals surface area (Å²) in [6.45, 7) is 8.32. The summed E-state index contributed by atoms with van der Waals surface area (Å²) >= 11 is 6.05. The molecule has 0 aromatic rings. The fourth-order valence-electron chi connectivity index (χ4n) is 1.23. The molecule has 0 aliphatic carbocycles. The van der Waals surface area contributed by atoms with Crippen molar-refractivity contribution in [2.45, 2.75) is 40.5 Å². The molecule has 0 aromatic heterocycles. The van der Waals surface area contributed by atoms with Gasteiger partial charge in [0.1, 0.15) is 0 Å². The van der Waals surface area contributed by atoms with Gasteiger partial charge in [-0.05, 0) is 24.8 Å². The van der Waals surface area contributed by atoms with E-state index >= 15 is 0 Å². The fourth-order valence-corrected chi connectivity index (χ4v) is 1.54. The van der Waals surface area contributed by atoms with Crippen LogP contribution in [0.1, 0.15) is 40.5 Å². The zero-order chi connectivity index (χ0) is 13.1. The molecule has 1 nitrogen and oxygen atoms in total. The minimum atomic E-state index is 0.491. The van der Waals surface area contributed by atoms with Crippen LogP contribution >= 0.6 is 11.6 Å². The average Bonchev–Trinajstić information content (AvgIpc) is 2.29. The highest BCUT2D eigenvalue weighted by molar-refractivity contribution is 6.31. The first kappa shape index (κ1) is 17.2. The molecule has 0 rings (SSSR count). The molecule has 0 atom stereocenters. The van der Waals surface area contributed by atoms with E-state index in [0.29, 0.717) is 22.9 Å². The van der Waals surface area contributed by atoms with Crippen LogP contribution in [0.15, 0.2) is 22.3 Å². The summed E-state index contributed by atoms with van der Waals surface area (Å²) in [5.41, 5.74) is 1.95. The van der Waals surface area contributed by atoms with Gasteiger partial charge in [-0.2, -0.15) is 5.26 Å². The Kier molecular flexibility index (Phi) is 11.1. The summed E-state index contributed by atoms with van der Waals surface area (Å²) < 4.78 is 0. The Morgan fingerprint density at radius 3 is 2.06 bits per heavy atom. The zero-order valence-corrected chi connectivity index (χ0v) is 11.3. The third-order valence-electron chi connectivity index (χ3n) is 2.24. The van der Waals surface area contributed by atoms with E-state index in [1.807, 2.05) is 13.0 Å². The molecule has 0 aliphatic rings. The number of nitriles is 1. The van der Waals surface area contributed by atoms with Crippen molar-refractivity contribution in [3.05, 3.63) is 22.3 Å². The van der Waals surface area contributed by atoms with Gasteiger partial charge in [-0.1, -0.05) is 44.9 Å². The molecule has 0 N–H and O–H groups in total. The molecule has 16 heavy (non-hydrogen) atoms. The Labute approximate surface area is 105 Å². The third-order valence-corrected chi connectivity index (χ3v) is 2.58. The van der Waals surface area contributed by atoms with E-state index in [1.54, 1.807) is 0 Å². The maximum atomic E-state index is 8.80. The van der Waals surface area contributed by atoms with E-state index in [2.05, 4.69) is 39.7 Å². The summed E-state index contributed by atoms with van der Waals surface area (Å²) in [5, 5.41) is 9.40. The number of allylic oxidation sites excluding steroid dienone is 4. The fraction of sp³-hybridized carbons (Fsp3) is 0.500. The zero-order valence-electron chi connectivity index (χ0n) is 10.5. The molecule has 0 fully saturated rings. The molecule has 88 valence electrons. The average molecular weight is 238 g/mol. The van der Waals surface area contributed by atoms with E-state index in [-0.39, 0.29) is 0 Å². The van der Waals surface area contributed by atoms with Crippen LogP contribution in [0.2, 0.25) is 0 Å². The number of nitrogens with zero attached hydrogens (tertiary/aromatic N) is 1. The Hall–Kier alpha value is -1.18. The van der Waals surface area contributed by atoms with Crippen LogP contribution < -0.4 is 0 Å². The highest BCUT2D eigenvalue weighted by Gasteiger charge is 2.04. The quantitative estimate of drug-likeness (QED) is 0.397. The van der Waals surface area contributed by atoms with Crippen LogP contribution in [-0.2, 0) is 0 Å². The minimum Gasteiger partial charge on any atom is -0.193 e. The predicted octanol–water partition coefficient (Wildman–Crippen LogP) is 4.65. The van der Waals surface area contributed by atoms with Gasteiger partial charge in [0.05, 0.1) is 11.1 Å². The van der Waals surface area contributed by atoms with Gasteiger partial charge < -0.3 is 0 Å². The summed E-state index contributed by atoms with van der Waals surface area (Å²) in [7, 11) is 0. The maximum Gasteiger partial charge on any atom is 0.0962 e. The van der Waals surface area contributed by atoms with Crippen molar-refractivity contribution in [1.29, 1.82) is 5.26 Å². The highest BCUT2D eigenvalue weighted by atomic mass is 35.5. The SMILES string of the molecule is C#C.CC/C(C#N)=C(Cl)\C=C(/CC)C(C)C. The van der Waals surface area contributed by atoms with E-state index in [9.17, 15) is 0 Å². The first-order chi connectivity index (χ1) is 7.56. The van der Waals surface area contributed by atoms with Gasteiger partial charge >= 0.3 is 0 Å². The van der Waals surface area contributed by atoms with E-state index in [1.165, 1.54) is 5.57 Å². The predicted molar refractivity (Wildman–Crippen MR) is 71.9 cm³/mol. The minimum absolute atomic E-state index is 0.491. The second kappa shape index (κ2) is 10.3. The molecule has 0 unspecified atom stereocenters. The molecular weight excluding hydrogens is 218 g/mol. The Balaban J connectivity index is 0. The van der Waals surface area contributed by atoms with Crippen molar-refractivity contribution in [3.8, 4) is 18.9 Å². The smallest absolute Gasteiger partial charge is 0.0962 e. The Morgan fingerprint density at radius 1 is 1.31 bits per heavy atom. The lowest BCUT2D eigenvalue weighted by Gasteiger charge is -2.08. The molecule has 0 saturated carbocycles. The Bertz CT molecular complexity index is 313. The van der Waals surface area contributed by atoms with E-state index in [4.69, 9.17) is 16.9 Å². The van der Waals surface area contributed by atoms with Crippen LogP contribution in [0.3, 0.4) is 0 Å². The molecule has 0 heterocycles. The van der Waals surface area contributed by atoms with Crippen LogP contribution in [0.4, 0.5) is 0 Å². The van der Waals surface area contributed by atoms with Gasteiger partial charge in [0.25, 0.3) is 0 Å².